The van der Waals surface area contributed by atoms with Gasteiger partial charge in [-0.2, -0.15) is 0 Å². The second-order valence-corrected chi connectivity index (χ2v) is 7.26. The van der Waals surface area contributed by atoms with E-state index in [9.17, 15) is 4.79 Å². The lowest BCUT2D eigenvalue weighted by Crippen LogP contribution is -2.26. The van der Waals surface area contributed by atoms with E-state index in [0.717, 1.165) is 42.1 Å². The highest BCUT2D eigenvalue weighted by atomic mass is 32.1. The van der Waals surface area contributed by atoms with Crippen molar-refractivity contribution in [1.82, 2.24) is 19.8 Å². The van der Waals surface area contributed by atoms with Crippen molar-refractivity contribution in [2.45, 2.75) is 19.4 Å². The highest BCUT2D eigenvalue weighted by molar-refractivity contribution is 7.12. The van der Waals surface area contributed by atoms with Crippen LogP contribution in [-0.4, -0.2) is 47.5 Å². The first-order valence-electron chi connectivity index (χ1n) is 8.56. The molecule has 25 heavy (non-hydrogen) atoms. The number of aromatic nitrogens is 2. The molecule has 132 valence electrons. The highest BCUT2D eigenvalue weighted by Gasteiger charge is 2.11. The average molecular weight is 356 g/mol. The number of fused-ring (bicyclic) bond motifs is 1. The molecule has 3 rings (SSSR count). The van der Waals surface area contributed by atoms with Crippen molar-refractivity contribution >= 4 is 28.3 Å². The summed E-state index contributed by atoms with van der Waals surface area (Å²) in [5, 5.41) is 4.91. The van der Waals surface area contributed by atoms with Gasteiger partial charge >= 0.3 is 0 Å². The molecule has 0 fully saturated rings. The number of benzene rings is 1. The number of hydrogen-bond acceptors (Lipinski definition) is 4. The third-order valence-electron chi connectivity index (χ3n) is 4.10. The van der Waals surface area contributed by atoms with Crippen molar-refractivity contribution in [2.24, 2.45) is 0 Å². The molecule has 0 bridgehead atoms. The zero-order valence-electron chi connectivity index (χ0n) is 14.7. The van der Waals surface area contributed by atoms with Crippen LogP contribution in [0.1, 0.15) is 21.9 Å². The van der Waals surface area contributed by atoms with E-state index in [4.69, 9.17) is 4.98 Å². The predicted molar refractivity (Wildman–Crippen MR) is 103 cm³/mol. The Hall–Kier alpha value is -2.18. The largest absolute Gasteiger partial charge is 0.351 e. The Morgan fingerprint density at radius 2 is 2.08 bits per heavy atom. The number of nitrogens with one attached hydrogen (secondary N) is 1. The van der Waals surface area contributed by atoms with Crippen LogP contribution in [0.5, 0.6) is 0 Å². The summed E-state index contributed by atoms with van der Waals surface area (Å²) >= 11 is 1.46. The fourth-order valence-electron chi connectivity index (χ4n) is 2.89. The molecule has 0 atom stereocenters. The molecule has 0 saturated heterocycles. The van der Waals surface area contributed by atoms with Gasteiger partial charge < -0.3 is 14.8 Å². The van der Waals surface area contributed by atoms with Gasteiger partial charge in [0, 0.05) is 19.5 Å². The maximum absolute atomic E-state index is 12.1. The Morgan fingerprint density at radius 3 is 2.84 bits per heavy atom. The summed E-state index contributed by atoms with van der Waals surface area (Å²) in [6.45, 7) is 2.57. The van der Waals surface area contributed by atoms with Gasteiger partial charge in [-0.3, -0.25) is 4.79 Å². The number of amides is 1. The minimum atomic E-state index is -0.00901. The standard InChI is InChI=1S/C19H24N4OS/c1-22(2)12-6-13-23-16-8-4-3-7-15(16)21-18(23)10-11-20-19(24)17-9-5-14-25-17/h3-5,7-9,14H,6,10-13H2,1-2H3,(H,20,24). The number of rotatable bonds is 8. The van der Waals surface area contributed by atoms with Crippen LogP contribution < -0.4 is 5.32 Å². The van der Waals surface area contributed by atoms with E-state index in [1.807, 2.05) is 29.6 Å². The molecule has 0 unspecified atom stereocenters. The molecule has 2 heterocycles. The van der Waals surface area contributed by atoms with Crippen LogP contribution >= 0.6 is 11.3 Å². The SMILES string of the molecule is CN(C)CCCn1c(CCNC(=O)c2cccs2)nc2ccccc21. The van der Waals surface area contributed by atoms with E-state index in [2.05, 4.69) is 41.0 Å². The number of imidazole rings is 1. The molecule has 5 nitrogen and oxygen atoms in total. The van der Waals surface area contributed by atoms with Gasteiger partial charge in [0.15, 0.2) is 0 Å². The Bertz CT molecular complexity index is 823. The Labute approximate surface area is 152 Å². The third-order valence-corrected chi connectivity index (χ3v) is 4.97. The van der Waals surface area contributed by atoms with Gasteiger partial charge in [-0.15, -0.1) is 11.3 Å². The predicted octanol–water partition coefficient (Wildman–Crippen LogP) is 3.02. The van der Waals surface area contributed by atoms with Crippen LogP contribution in [0.15, 0.2) is 41.8 Å². The maximum Gasteiger partial charge on any atom is 0.261 e. The van der Waals surface area contributed by atoms with Gasteiger partial charge in [-0.25, -0.2) is 4.98 Å². The molecule has 3 aromatic rings. The molecule has 1 N–H and O–H groups in total. The number of aryl methyl sites for hydroxylation is 1. The number of thiophene rings is 1. The lowest BCUT2D eigenvalue weighted by Gasteiger charge is -2.12. The van der Waals surface area contributed by atoms with Crippen molar-refractivity contribution in [2.75, 3.05) is 27.2 Å². The molecule has 0 saturated carbocycles. The highest BCUT2D eigenvalue weighted by Crippen LogP contribution is 2.17. The summed E-state index contributed by atoms with van der Waals surface area (Å²) in [6, 6.07) is 12.0. The number of carbonyl (C=O) groups excluding carboxylic acids is 1. The van der Waals surface area contributed by atoms with E-state index >= 15 is 0 Å². The van der Waals surface area contributed by atoms with Crippen molar-refractivity contribution < 1.29 is 4.79 Å². The lowest BCUT2D eigenvalue weighted by atomic mass is 10.3. The zero-order valence-corrected chi connectivity index (χ0v) is 15.6. The Balaban J connectivity index is 1.68. The van der Waals surface area contributed by atoms with Gasteiger partial charge in [0.2, 0.25) is 0 Å². The van der Waals surface area contributed by atoms with Crippen molar-refractivity contribution in [1.29, 1.82) is 0 Å². The molecule has 6 heteroatoms. The maximum atomic E-state index is 12.1. The third kappa shape index (κ3) is 4.46. The normalized spacial score (nSPS) is 11.3. The van der Waals surface area contributed by atoms with Gasteiger partial charge in [0.05, 0.1) is 15.9 Å². The van der Waals surface area contributed by atoms with E-state index < -0.39 is 0 Å². The second kappa shape index (κ2) is 8.27. The van der Waals surface area contributed by atoms with Crippen LogP contribution in [-0.2, 0) is 13.0 Å². The summed E-state index contributed by atoms with van der Waals surface area (Å²) in [6.07, 6.45) is 1.80. The molecule has 1 aromatic carbocycles. The van der Waals surface area contributed by atoms with E-state index in [0.29, 0.717) is 6.54 Å². The molecule has 1 amide bonds. The van der Waals surface area contributed by atoms with Crippen molar-refractivity contribution in [3.8, 4) is 0 Å². The lowest BCUT2D eigenvalue weighted by molar-refractivity contribution is 0.0958. The summed E-state index contributed by atoms with van der Waals surface area (Å²) in [5.74, 6) is 1.02. The molecule has 0 radical (unpaired) electrons. The van der Waals surface area contributed by atoms with Crippen LogP contribution in [0.25, 0.3) is 11.0 Å². The van der Waals surface area contributed by atoms with E-state index in [-0.39, 0.29) is 5.91 Å². The number of nitrogens with zero attached hydrogens (tertiary/aromatic N) is 3. The first kappa shape index (κ1) is 17.6. The Morgan fingerprint density at radius 1 is 1.24 bits per heavy atom. The smallest absolute Gasteiger partial charge is 0.261 e. The first-order chi connectivity index (χ1) is 12.1. The van der Waals surface area contributed by atoms with Gasteiger partial charge in [-0.1, -0.05) is 18.2 Å². The van der Waals surface area contributed by atoms with E-state index in [1.165, 1.54) is 16.9 Å². The van der Waals surface area contributed by atoms with Crippen LogP contribution in [0.3, 0.4) is 0 Å². The van der Waals surface area contributed by atoms with Gasteiger partial charge in [-0.05, 0) is 50.6 Å². The van der Waals surface area contributed by atoms with Crippen LogP contribution in [0, 0.1) is 0 Å². The number of hydrogen-bond donors (Lipinski definition) is 1. The molecule has 0 spiro atoms. The fraction of sp³-hybridized carbons (Fsp3) is 0.368. The monoisotopic (exact) mass is 356 g/mol. The summed E-state index contributed by atoms with van der Waals surface area (Å²) in [5.41, 5.74) is 2.19. The van der Waals surface area contributed by atoms with Gasteiger partial charge in [0.25, 0.3) is 5.91 Å². The topological polar surface area (TPSA) is 50.2 Å². The summed E-state index contributed by atoms with van der Waals surface area (Å²) < 4.78 is 2.29. The number of carbonyl (C=O) groups is 1. The van der Waals surface area contributed by atoms with Crippen molar-refractivity contribution in [3.05, 3.63) is 52.5 Å². The molecule has 2 aromatic heterocycles. The molecule has 0 aliphatic rings. The summed E-state index contributed by atoms with van der Waals surface area (Å²) in [4.78, 5) is 19.8. The van der Waals surface area contributed by atoms with E-state index in [1.54, 1.807) is 0 Å². The molecule has 0 aliphatic heterocycles. The molecular formula is C19H24N4OS. The molecular weight excluding hydrogens is 332 g/mol. The van der Waals surface area contributed by atoms with Crippen LogP contribution in [0.2, 0.25) is 0 Å². The first-order valence-corrected chi connectivity index (χ1v) is 9.43. The minimum absolute atomic E-state index is 0.00901. The fourth-order valence-corrected chi connectivity index (χ4v) is 3.53. The van der Waals surface area contributed by atoms with Gasteiger partial charge in [0.1, 0.15) is 5.82 Å². The molecule has 0 aliphatic carbocycles. The average Bonchev–Trinajstić information content (AvgIpc) is 3.23. The zero-order chi connectivity index (χ0) is 17.6. The Kier molecular flexibility index (Phi) is 5.83. The number of para-hydroxylation sites is 2. The summed E-state index contributed by atoms with van der Waals surface area (Å²) in [7, 11) is 4.18. The quantitative estimate of drug-likeness (QED) is 0.675. The van der Waals surface area contributed by atoms with Crippen molar-refractivity contribution in [3.63, 3.8) is 0 Å². The van der Waals surface area contributed by atoms with Crippen LogP contribution in [0.4, 0.5) is 0 Å². The second-order valence-electron chi connectivity index (χ2n) is 6.31. The minimum Gasteiger partial charge on any atom is -0.351 e.